The third-order valence-electron chi connectivity index (χ3n) is 2.97. The molecule has 0 aliphatic heterocycles. The van der Waals surface area contributed by atoms with Gasteiger partial charge in [-0.3, -0.25) is 19.5 Å². The van der Waals surface area contributed by atoms with Crippen molar-refractivity contribution in [3.05, 3.63) is 45.3 Å². The van der Waals surface area contributed by atoms with Crippen LogP contribution in [0.3, 0.4) is 0 Å². The Bertz CT molecular complexity index is 658. The van der Waals surface area contributed by atoms with Gasteiger partial charge in [-0.05, 0) is 31.4 Å². The van der Waals surface area contributed by atoms with E-state index in [4.69, 9.17) is 9.05 Å². The van der Waals surface area contributed by atoms with Gasteiger partial charge in [-0.15, -0.1) is 0 Å². The highest BCUT2D eigenvalue weighted by Crippen LogP contribution is 2.57. The molecule has 7 nitrogen and oxygen atoms in total. The fraction of sp³-hybridized carbons (Fsp3) is 0.438. The van der Waals surface area contributed by atoms with Crippen LogP contribution in [-0.2, 0) is 18.4 Å². The Morgan fingerprint density at radius 2 is 1.83 bits per heavy atom. The van der Waals surface area contributed by atoms with Gasteiger partial charge >= 0.3 is 7.60 Å². The lowest BCUT2D eigenvalue weighted by molar-refractivity contribution is -0.384. The number of hydrogen-bond acceptors (Lipinski definition) is 6. The SMILES string of the molecule is CCCOP(=O)(OCCC)C(=Cc1cccc([N+](=O)[O-])c1)C(C)=O. The number of carbonyl (C=O) groups excluding carboxylic acids is 1. The van der Waals surface area contributed by atoms with E-state index in [1.54, 1.807) is 6.07 Å². The van der Waals surface area contributed by atoms with Crippen LogP contribution < -0.4 is 0 Å². The largest absolute Gasteiger partial charge is 0.364 e. The first kappa shape index (κ1) is 20.2. The number of hydrogen-bond donors (Lipinski definition) is 0. The van der Waals surface area contributed by atoms with Gasteiger partial charge in [0.1, 0.15) is 5.31 Å². The second-order valence-corrected chi connectivity index (χ2v) is 7.09. The molecule has 1 aromatic carbocycles. The highest BCUT2D eigenvalue weighted by atomic mass is 31.2. The smallest absolute Gasteiger partial charge is 0.305 e. The van der Waals surface area contributed by atoms with Crippen molar-refractivity contribution in [2.24, 2.45) is 0 Å². The normalized spacial score (nSPS) is 12.2. The fourth-order valence-electron chi connectivity index (χ4n) is 1.86. The molecular weight excluding hydrogens is 333 g/mol. The average Bonchev–Trinajstić information content (AvgIpc) is 2.56. The highest BCUT2D eigenvalue weighted by Gasteiger charge is 2.33. The summed E-state index contributed by atoms with van der Waals surface area (Å²) < 4.78 is 23.8. The summed E-state index contributed by atoms with van der Waals surface area (Å²) in [5.74, 6) is -0.461. The number of Topliss-reactive ketones (excluding diaryl/α,β-unsaturated/α-hetero) is 1. The minimum absolute atomic E-state index is 0.107. The van der Waals surface area contributed by atoms with Crippen LogP contribution in [0.25, 0.3) is 6.08 Å². The minimum Gasteiger partial charge on any atom is -0.305 e. The molecule has 0 amide bonds. The maximum atomic E-state index is 13.0. The molecule has 0 fully saturated rings. The Labute approximate surface area is 141 Å². The third kappa shape index (κ3) is 5.67. The number of nitro groups is 1. The van der Waals surface area contributed by atoms with Crippen LogP contribution in [0, 0.1) is 10.1 Å². The van der Waals surface area contributed by atoms with Crippen LogP contribution in [0.5, 0.6) is 0 Å². The molecule has 1 aromatic rings. The van der Waals surface area contributed by atoms with E-state index in [-0.39, 0.29) is 24.2 Å². The van der Waals surface area contributed by atoms with Crippen molar-refractivity contribution in [1.29, 1.82) is 0 Å². The zero-order valence-electron chi connectivity index (χ0n) is 14.1. The first-order valence-electron chi connectivity index (χ1n) is 7.70. The molecule has 0 radical (unpaired) electrons. The lowest BCUT2D eigenvalue weighted by Crippen LogP contribution is -2.06. The van der Waals surface area contributed by atoms with Crippen LogP contribution >= 0.6 is 7.60 Å². The quantitative estimate of drug-likeness (QED) is 0.264. The van der Waals surface area contributed by atoms with Crippen LogP contribution in [0.2, 0.25) is 0 Å². The van der Waals surface area contributed by atoms with E-state index in [1.807, 2.05) is 13.8 Å². The standard InChI is InChI=1S/C16H22NO6P/c1-4-9-22-24(21,23-10-5-2)16(13(3)18)12-14-7-6-8-15(11-14)17(19)20/h6-8,11-12H,4-5,9-10H2,1-3H3. The number of benzene rings is 1. The van der Waals surface area contributed by atoms with Gasteiger partial charge < -0.3 is 9.05 Å². The summed E-state index contributed by atoms with van der Waals surface area (Å²) in [5, 5.41) is 10.8. The number of carbonyl (C=O) groups is 1. The van der Waals surface area contributed by atoms with Crippen molar-refractivity contribution in [2.75, 3.05) is 13.2 Å². The zero-order valence-corrected chi connectivity index (χ0v) is 15.0. The minimum atomic E-state index is -3.78. The van der Waals surface area contributed by atoms with Crippen LogP contribution in [0.1, 0.15) is 39.2 Å². The molecule has 0 aliphatic carbocycles. The second kappa shape index (κ2) is 9.47. The first-order valence-corrected chi connectivity index (χ1v) is 9.25. The van der Waals surface area contributed by atoms with Gasteiger partial charge in [0.2, 0.25) is 0 Å². The Morgan fingerprint density at radius 3 is 2.29 bits per heavy atom. The molecule has 0 N–H and O–H groups in total. The maximum absolute atomic E-state index is 13.0. The molecular formula is C16H22NO6P. The highest BCUT2D eigenvalue weighted by molar-refractivity contribution is 7.60. The van der Waals surface area contributed by atoms with Gasteiger partial charge in [-0.1, -0.05) is 26.0 Å². The van der Waals surface area contributed by atoms with Crippen LogP contribution in [0.4, 0.5) is 5.69 Å². The van der Waals surface area contributed by atoms with Crippen molar-refractivity contribution >= 4 is 25.1 Å². The molecule has 0 atom stereocenters. The summed E-state index contributed by atoms with van der Waals surface area (Å²) in [7, 11) is -3.78. The van der Waals surface area contributed by atoms with Gasteiger partial charge in [0, 0.05) is 12.1 Å². The molecule has 0 heterocycles. The lowest BCUT2D eigenvalue weighted by Gasteiger charge is -2.19. The summed E-state index contributed by atoms with van der Waals surface area (Å²) >= 11 is 0. The Balaban J connectivity index is 3.31. The van der Waals surface area contributed by atoms with Crippen LogP contribution in [-0.4, -0.2) is 23.9 Å². The monoisotopic (exact) mass is 355 g/mol. The summed E-state index contributed by atoms with van der Waals surface area (Å²) in [6.07, 6.45) is 2.56. The Hall–Kier alpha value is -1.82. The summed E-state index contributed by atoms with van der Waals surface area (Å²) in [6.45, 7) is 5.32. The van der Waals surface area contributed by atoms with E-state index in [2.05, 4.69) is 0 Å². The summed E-state index contributed by atoms with van der Waals surface area (Å²) in [6, 6.07) is 5.71. The number of ketones is 1. The van der Waals surface area contributed by atoms with Gasteiger partial charge in [0.15, 0.2) is 5.78 Å². The second-order valence-electron chi connectivity index (χ2n) is 5.10. The number of non-ortho nitro benzene ring substituents is 1. The molecule has 0 saturated heterocycles. The number of nitro benzene ring substituents is 1. The molecule has 0 bridgehead atoms. The molecule has 1 rings (SSSR count). The van der Waals surface area contributed by atoms with Gasteiger partial charge in [0.05, 0.1) is 18.1 Å². The maximum Gasteiger partial charge on any atom is 0.364 e. The molecule has 0 saturated carbocycles. The van der Waals surface area contributed by atoms with Crippen molar-refractivity contribution in [3.8, 4) is 0 Å². The molecule has 24 heavy (non-hydrogen) atoms. The van der Waals surface area contributed by atoms with E-state index in [0.29, 0.717) is 18.4 Å². The van der Waals surface area contributed by atoms with Crippen molar-refractivity contribution in [1.82, 2.24) is 0 Å². The lowest BCUT2D eigenvalue weighted by atomic mass is 10.2. The predicted molar refractivity (Wildman–Crippen MR) is 91.8 cm³/mol. The summed E-state index contributed by atoms with van der Waals surface area (Å²) in [5.41, 5.74) is 0.264. The number of allylic oxidation sites excluding steroid dienone is 1. The molecule has 0 aliphatic rings. The molecule has 0 aromatic heterocycles. The Kier molecular flexibility index (Phi) is 7.98. The molecule has 0 spiro atoms. The van der Waals surface area contributed by atoms with E-state index in [0.717, 1.165) is 0 Å². The van der Waals surface area contributed by atoms with E-state index in [1.165, 1.54) is 31.2 Å². The van der Waals surface area contributed by atoms with Gasteiger partial charge in [-0.2, -0.15) is 0 Å². The third-order valence-corrected chi connectivity index (χ3v) is 5.05. The van der Waals surface area contributed by atoms with Gasteiger partial charge in [0.25, 0.3) is 5.69 Å². The number of rotatable bonds is 10. The zero-order chi connectivity index (χ0) is 18.2. The van der Waals surface area contributed by atoms with Crippen molar-refractivity contribution in [3.63, 3.8) is 0 Å². The molecule has 0 unspecified atom stereocenters. The Morgan fingerprint density at radius 1 is 1.25 bits per heavy atom. The van der Waals surface area contributed by atoms with E-state index in [9.17, 15) is 19.5 Å². The molecule has 8 heteroatoms. The van der Waals surface area contributed by atoms with E-state index < -0.39 is 18.3 Å². The van der Waals surface area contributed by atoms with Crippen molar-refractivity contribution in [2.45, 2.75) is 33.6 Å². The topological polar surface area (TPSA) is 95.7 Å². The molecule has 132 valence electrons. The summed E-state index contributed by atoms with van der Waals surface area (Å²) in [4.78, 5) is 22.3. The van der Waals surface area contributed by atoms with E-state index >= 15 is 0 Å². The average molecular weight is 355 g/mol. The van der Waals surface area contributed by atoms with Gasteiger partial charge in [-0.25, -0.2) is 0 Å². The fourth-order valence-corrected chi connectivity index (χ4v) is 3.75. The number of nitrogens with zero attached hydrogens (tertiary/aromatic N) is 1. The van der Waals surface area contributed by atoms with Crippen LogP contribution in [0.15, 0.2) is 29.6 Å². The first-order chi connectivity index (χ1) is 11.3. The predicted octanol–water partition coefficient (Wildman–Crippen LogP) is 4.57. The van der Waals surface area contributed by atoms with Crippen molar-refractivity contribution < 1.29 is 23.3 Å².